The molecule has 1 aliphatic rings. The van der Waals surface area contributed by atoms with Gasteiger partial charge in [0.15, 0.2) is 0 Å². The maximum absolute atomic E-state index is 12.4. The third-order valence-corrected chi connectivity index (χ3v) is 4.23. The van der Waals surface area contributed by atoms with Crippen LogP contribution in [0, 0.1) is 0 Å². The standard InChI is InChI=1S/C13H20N2O4S/c1-20(17,18)14-7-5-12-4-2-3-8-15(12)13(16)11-6-9-19-10-11/h6,9-10,12,14H,2-5,7-8H2,1H3/t12-/m0/s1. The molecule has 1 fully saturated rings. The number of nitrogens with one attached hydrogen (secondary N) is 1. The fourth-order valence-electron chi connectivity index (χ4n) is 2.53. The van der Waals surface area contributed by atoms with Gasteiger partial charge < -0.3 is 9.32 Å². The van der Waals surface area contributed by atoms with Gasteiger partial charge in [-0.25, -0.2) is 13.1 Å². The Morgan fingerprint density at radius 1 is 1.50 bits per heavy atom. The second-order valence-electron chi connectivity index (χ2n) is 5.12. The van der Waals surface area contributed by atoms with Crippen molar-refractivity contribution in [2.45, 2.75) is 31.7 Å². The van der Waals surface area contributed by atoms with E-state index in [0.717, 1.165) is 25.5 Å². The lowest BCUT2D eigenvalue weighted by molar-refractivity contribution is 0.0603. The van der Waals surface area contributed by atoms with Crippen LogP contribution in [0.5, 0.6) is 0 Å². The van der Waals surface area contributed by atoms with Crippen molar-refractivity contribution in [3.63, 3.8) is 0 Å². The van der Waals surface area contributed by atoms with E-state index < -0.39 is 10.0 Å². The highest BCUT2D eigenvalue weighted by Gasteiger charge is 2.27. The molecule has 1 saturated heterocycles. The Kier molecular flexibility index (Phi) is 4.82. The first-order chi connectivity index (χ1) is 9.47. The summed E-state index contributed by atoms with van der Waals surface area (Å²) in [5.41, 5.74) is 0.549. The van der Waals surface area contributed by atoms with E-state index in [2.05, 4.69) is 4.72 Å². The van der Waals surface area contributed by atoms with Crippen molar-refractivity contribution >= 4 is 15.9 Å². The molecular weight excluding hydrogens is 280 g/mol. The van der Waals surface area contributed by atoms with Gasteiger partial charge in [-0.1, -0.05) is 0 Å². The molecule has 0 saturated carbocycles. The van der Waals surface area contributed by atoms with E-state index in [1.54, 1.807) is 6.07 Å². The summed E-state index contributed by atoms with van der Waals surface area (Å²) in [4.78, 5) is 14.2. The largest absolute Gasteiger partial charge is 0.472 e. The van der Waals surface area contributed by atoms with Gasteiger partial charge in [-0.3, -0.25) is 4.79 Å². The molecule has 0 radical (unpaired) electrons. The normalized spacial score (nSPS) is 20.1. The van der Waals surface area contributed by atoms with E-state index in [1.165, 1.54) is 12.5 Å². The minimum atomic E-state index is -3.17. The minimum absolute atomic E-state index is 0.0391. The molecule has 2 rings (SSSR count). The van der Waals surface area contributed by atoms with Gasteiger partial charge >= 0.3 is 0 Å². The molecule has 0 aliphatic carbocycles. The Morgan fingerprint density at radius 3 is 2.95 bits per heavy atom. The summed E-state index contributed by atoms with van der Waals surface area (Å²) in [5, 5.41) is 0. The molecule has 7 heteroatoms. The van der Waals surface area contributed by atoms with E-state index in [4.69, 9.17) is 4.42 Å². The van der Waals surface area contributed by atoms with Crippen LogP contribution in [0.4, 0.5) is 0 Å². The van der Waals surface area contributed by atoms with Crippen LogP contribution in [-0.2, 0) is 10.0 Å². The van der Waals surface area contributed by atoms with E-state index in [9.17, 15) is 13.2 Å². The van der Waals surface area contributed by atoms with Crippen molar-refractivity contribution in [1.29, 1.82) is 0 Å². The molecule has 1 atom stereocenters. The highest BCUT2D eigenvalue weighted by Crippen LogP contribution is 2.22. The second-order valence-corrected chi connectivity index (χ2v) is 6.95. The Morgan fingerprint density at radius 2 is 2.30 bits per heavy atom. The van der Waals surface area contributed by atoms with Crippen LogP contribution in [0.3, 0.4) is 0 Å². The average molecular weight is 300 g/mol. The molecule has 0 spiro atoms. The maximum Gasteiger partial charge on any atom is 0.257 e. The quantitative estimate of drug-likeness (QED) is 0.886. The van der Waals surface area contributed by atoms with Crippen LogP contribution in [0.15, 0.2) is 23.0 Å². The lowest BCUT2D eigenvalue weighted by atomic mass is 9.98. The zero-order valence-electron chi connectivity index (χ0n) is 11.5. The molecule has 2 heterocycles. The number of furan rings is 1. The van der Waals surface area contributed by atoms with Crippen molar-refractivity contribution in [1.82, 2.24) is 9.62 Å². The predicted molar refractivity (Wildman–Crippen MR) is 74.8 cm³/mol. The van der Waals surface area contributed by atoms with Gasteiger partial charge in [-0.2, -0.15) is 0 Å². The number of piperidine rings is 1. The number of nitrogens with zero attached hydrogens (tertiary/aromatic N) is 1. The SMILES string of the molecule is CS(=O)(=O)NCC[C@@H]1CCCCN1C(=O)c1ccoc1. The molecule has 1 aromatic heterocycles. The summed E-state index contributed by atoms with van der Waals surface area (Å²) in [6, 6.07) is 1.74. The van der Waals surface area contributed by atoms with E-state index >= 15 is 0 Å². The zero-order valence-corrected chi connectivity index (χ0v) is 12.4. The average Bonchev–Trinajstić information content (AvgIpc) is 2.91. The molecule has 0 unspecified atom stereocenters. The minimum Gasteiger partial charge on any atom is -0.472 e. The van der Waals surface area contributed by atoms with Crippen molar-refractivity contribution in [3.8, 4) is 0 Å². The summed E-state index contributed by atoms with van der Waals surface area (Å²) in [5.74, 6) is -0.0391. The smallest absolute Gasteiger partial charge is 0.257 e. The Labute approximate surface area is 119 Å². The molecule has 1 amide bonds. The topological polar surface area (TPSA) is 79.6 Å². The summed E-state index contributed by atoms with van der Waals surface area (Å²) in [6.45, 7) is 1.08. The lowest BCUT2D eigenvalue weighted by Crippen LogP contribution is -2.45. The van der Waals surface area contributed by atoms with Gasteiger partial charge in [0.1, 0.15) is 6.26 Å². The second kappa shape index (κ2) is 6.41. The number of carbonyl (C=O) groups excluding carboxylic acids is 1. The molecule has 6 nitrogen and oxygen atoms in total. The lowest BCUT2D eigenvalue weighted by Gasteiger charge is -2.35. The predicted octanol–water partition coefficient (Wildman–Crippen LogP) is 1.21. The zero-order chi connectivity index (χ0) is 14.6. The monoisotopic (exact) mass is 300 g/mol. The van der Waals surface area contributed by atoms with Crippen LogP contribution >= 0.6 is 0 Å². The first kappa shape index (κ1) is 15.1. The van der Waals surface area contributed by atoms with Crippen LogP contribution in [0.2, 0.25) is 0 Å². The Bertz CT molecular complexity index is 539. The van der Waals surface area contributed by atoms with Gasteiger partial charge in [-0.05, 0) is 31.7 Å². The van der Waals surface area contributed by atoms with Gasteiger partial charge in [0, 0.05) is 19.1 Å². The van der Waals surface area contributed by atoms with Gasteiger partial charge in [0.25, 0.3) is 5.91 Å². The number of hydrogen-bond donors (Lipinski definition) is 1. The Hall–Kier alpha value is -1.34. The van der Waals surface area contributed by atoms with Crippen molar-refractivity contribution < 1.29 is 17.6 Å². The number of rotatable bonds is 5. The molecular formula is C13H20N2O4S. The number of carbonyl (C=O) groups is 1. The fourth-order valence-corrected chi connectivity index (χ4v) is 3.02. The fraction of sp³-hybridized carbons (Fsp3) is 0.615. The van der Waals surface area contributed by atoms with Crippen LogP contribution < -0.4 is 4.72 Å². The highest BCUT2D eigenvalue weighted by molar-refractivity contribution is 7.88. The van der Waals surface area contributed by atoms with Crippen molar-refractivity contribution in [2.75, 3.05) is 19.3 Å². The molecule has 1 aromatic rings. The third-order valence-electron chi connectivity index (χ3n) is 3.50. The summed E-state index contributed by atoms with van der Waals surface area (Å²) < 4.78 is 29.6. The van der Waals surface area contributed by atoms with Gasteiger partial charge in [0.05, 0.1) is 18.1 Å². The summed E-state index contributed by atoms with van der Waals surface area (Å²) in [6.07, 6.45) is 7.67. The van der Waals surface area contributed by atoms with E-state index in [1.807, 2.05) is 4.90 Å². The molecule has 0 aromatic carbocycles. The molecule has 1 aliphatic heterocycles. The van der Waals surface area contributed by atoms with Gasteiger partial charge in [-0.15, -0.1) is 0 Å². The van der Waals surface area contributed by atoms with Crippen LogP contribution in [0.1, 0.15) is 36.0 Å². The molecule has 112 valence electrons. The first-order valence-electron chi connectivity index (χ1n) is 6.75. The number of amides is 1. The van der Waals surface area contributed by atoms with Crippen LogP contribution in [-0.4, -0.2) is 44.6 Å². The number of sulfonamides is 1. The maximum atomic E-state index is 12.4. The van der Waals surface area contributed by atoms with Crippen molar-refractivity contribution in [3.05, 3.63) is 24.2 Å². The molecule has 20 heavy (non-hydrogen) atoms. The van der Waals surface area contributed by atoms with Crippen LogP contribution in [0.25, 0.3) is 0 Å². The number of hydrogen-bond acceptors (Lipinski definition) is 4. The third kappa shape index (κ3) is 4.08. The number of likely N-dealkylation sites (tertiary alicyclic amines) is 1. The van der Waals surface area contributed by atoms with E-state index in [-0.39, 0.29) is 11.9 Å². The first-order valence-corrected chi connectivity index (χ1v) is 8.64. The van der Waals surface area contributed by atoms with Gasteiger partial charge in [0.2, 0.25) is 10.0 Å². The summed E-state index contributed by atoms with van der Waals surface area (Å²) in [7, 11) is -3.17. The molecule has 1 N–H and O–H groups in total. The van der Waals surface area contributed by atoms with Crippen molar-refractivity contribution in [2.24, 2.45) is 0 Å². The van der Waals surface area contributed by atoms with E-state index in [0.29, 0.717) is 25.1 Å². The Balaban J connectivity index is 1.96. The highest BCUT2D eigenvalue weighted by atomic mass is 32.2. The summed E-state index contributed by atoms with van der Waals surface area (Å²) >= 11 is 0. The molecule has 0 bridgehead atoms.